The Kier molecular flexibility index (Phi) is 3.30. The Balaban J connectivity index is 2.32. The molecular formula is C11H11N3O5S. The van der Waals surface area contributed by atoms with E-state index < -0.39 is 28.2 Å². The number of nitro groups is 1. The molecule has 2 rings (SSSR count). The van der Waals surface area contributed by atoms with Gasteiger partial charge >= 0.3 is 5.00 Å². The van der Waals surface area contributed by atoms with Crippen LogP contribution in [0.25, 0.3) is 0 Å². The topological polar surface area (TPSA) is 110 Å². The predicted octanol–water partition coefficient (Wildman–Crippen LogP) is 0.533. The summed E-state index contributed by atoms with van der Waals surface area (Å²) < 4.78 is 0. The number of hydrogen-bond donors (Lipinski definition) is 1. The second-order valence-electron chi connectivity index (χ2n) is 4.72. The van der Waals surface area contributed by atoms with Gasteiger partial charge < -0.3 is 4.90 Å². The van der Waals surface area contributed by atoms with Gasteiger partial charge in [-0.3, -0.25) is 29.8 Å². The van der Waals surface area contributed by atoms with Gasteiger partial charge in [0.15, 0.2) is 0 Å². The van der Waals surface area contributed by atoms with Crippen molar-refractivity contribution in [3.05, 3.63) is 27.1 Å². The van der Waals surface area contributed by atoms with Crippen LogP contribution >= 0.6 is 11.3 Å². The summed E-state index contributed by atoms with van der Waals surface area (Å²) in [5.74, 6) is -1.72. The standard InChI is InChI=1S/C11H11N3O5S/c1-11(2)10(17)12-7(15)5-13(11)9(16)6-3-4-8(20-6)14(18)19/h3-4H,5H2,1-2H3,(H,12,15,17). The van der Waals surface area contributed by atoms with Crippen LogP contribution in [0.15, 0.2) is 12.1 Å². The first-order valence-electron chi connectivity index (χ1n) is 5.64. The first-order chi connectivity index (χ1) is 9.23. The molecule has 8 nitrogen and oxygen atoms in total. The van der Waals surface area contributed by atoms with Crippen molar-refractivity contribution in [2.24, 2.45) is 0 Å². The van der Waals surface area contributed by atoms with Crippen LogP contribution in [0.4, 0.5) is 5.00 Å². The average Bonchev–Trinajstić information content (AvgIpc) is 2.83. The van der Waals surface area contributed by atoms with Crippen molar-refractivity contribution in [1.29, 1.82) is 0 Å². The third-order valence-electron chi connectivity index (χ3n) is 3.01. The molecule has 9 heteroatoms. The van der Waals surface area contributed by atoms with E-state index in [1.54, 1.807) is 0 Å². The Labute approximate surface area is 117 Å². The maximum absolute atomic E-state index is 12.3. The van der Waals surface area contributed by atoms with E-state index in [9.17, 15) is 24.5 Å². The van der Waals surface area contributed by atoms with Gasteiger partial charge in [0.25, 0.3) is 11.8 Å². The Hall–Kier alpha value is -2.29. The lowest BCUT2D eigenvalue weighted by molar-refractivity contribution is -0.380. The maximum atomic E-state index is 12.3. The second-order valence-corrected chi connectivity index (χ2v) is 5.78. The molecule has 0 bridgehead atoms. The molecular weight excluding hydrogens is 286 g/mol. The summed E-state index contributed by atoms with van der Waals surface area (Å²) in [5.41, 5.74) is -1.19. The fraction of sp³-hybridized carbons (Fsp3) is 0.364. The van der Waals surface area contributed by atoms with Crippen molar-refractivity contribution in [3.8, 4) is 0 Å². The Bertz CT molecular complexity index is 621. The maximum Gasteiger partial charge on any atom is 0.324 e. The number of nitrogens with zero attached hydrogens (tertiary/aromatic N) is 2. The highest BCUT2D eigenvalue weighted by atomic mass is 32.1. The van der Waals surface area contributed by atoms with Crippen molar-refractivity contribution < 1.29 is 19.3 Å². The molecule has 0 unspecified atom stereocenters. The summed E-state index contributed by atoms with van der Waals surface area (Å²) >= 11 is 0.713. The normalized spacial score (nSPS) is 17.8. The zero-order valence-electron chi connectivity index (χ0n) is 10.7. The van der Waals surface area contributed by atoms with E-state index >= 15 is 0 Å². The molecule has 1 aromatic rings. The van der Waals surface area contributed by atoms with E-state index in [2.05, 4.69) is 5.32 Å². The summed E-state index contributed by atoms with van der Waals surface area (Å²) in [7, 11) is 0. The van der Waals surface area contributed by atoms with Gasteiger partial charge in [0.1, 0.15) is 12.1 Å². The van der Waals surface area contributed by atoms with E-state index in [-0.39, 0.29) is 16.4 Å². The monoisotopic (exact) mass is 297 g/mol. The lowest BCUT2D eigenvalue weighted by atomic mass is 9.98. The Morgan fingerprint density at radius 1 is 1.45 bits per heavy atom. The summed E-state index contributed by atoms with van der Waals surface area (Å²) in [6.07, 6.45) is 0. The quantitative estimate of drug-likeness (QED) is 0.486. The molecule has 106 valence electrons. The van der Waals surface area contributed by atoms with Crippen LogP contribution in [0.2, 0.25) is 0 Å². The minimum atomic E-state index is -1.19. The molecule has 1 saturated heterocycles. The van der Waals surface area contributed by atoms with Gasteiger partial charge in [-0.1, -0.05) is 11.3 Å². The molecule has 0 aromatic carbocycles. The number of carbonyl (C=O) groups excluding carboxylic acids is 3. The number of amides is 3. The zero-order chi connectivity index (χ0) is 15.1. The smallest absolute Gasteiger partial charge is 0.314 e. The van der Waals surface area contributed by atoms with E-state index in [0.717, 1.165) is 4.90 Å². The second kappa shape index (κ2) is 4.67. The minimum Gasteiger partial charge on any atom is -0.314 e. The van der Waals surface area contributed by atoms with Gasteiger partial charge in [-0.05, 0) is 19.9 Å². The summed E-state index contributed by atoms with van der Waals surface area (Å²) in [6, 6.07) is 2.54. The van der Waals surface area contributed by atoms with Crippen molar-refractivity contribution in [1.82, 2.24) is 10.2 Å². The van der Waals surface area contributed by atoms with Crippen LogP contribution < -0.4 is 5.32 Å². The largest absolute Gasteiger partial charge is 0.324 e. The van der Waals surface area contributed by atoms with Gasteiger partial charge in [0, 0.05) is 6.07 Å². The van der Waals surface area contributed by atoms with Gasteiger partial charge in [0.05, 0.1) is 9.80 Å². The van der Waals surface area contributed by atoms with Crippen LogP contribution in [-0.2, 0) is 9.59 Å². The highest BCUT2D eigenvalue weighted by Gasteiger charge is 2.44. The molecule has 20 heavy (non-hydrogen) atoms. The highest BCUT2D eigenvalue weighted by molar-refractivity contribution is 7.17. The molecule has 0 aliphatic carbocycles. The molecule has 0 radical (unpaired) electrons. The number of imide groups is 1. The van der Waals surface area contributed by atoms with Crippen molar-refractivity contribution in [2.45, 2.75) is 19.4 Å². The molecule has 0 atom stereocenters. The molecule has 1 aliphatic heterocycles. The van der Waals surface area contributed by atoms with Crippen molar-refractivity contribution >= 4 is 34.1 Å². The van der Waals surface area contributed by atoms with E-state index in [4.69, 9.17) is 0 Å². The van der Waals surface area contributed by atoms with Crippen LogP contribution in [0.3, 0.4) is 0 Å². The predicted molar refractivity (Wildman–Crippen MR) is 69.2 cm³/mol. The molecule has 1 fully saturated rings. The third-order valence-corrected chi connectivity index (χ3v) is 4.04. The third kappa shape index (κ3) is 2.27. The lowest BCUT2D eigenvalue weighted by Gasteiger charge is -2.39. The van der Waals surface area contributed by atoms with Gasteiger partial charge in [-0.15, -0.1) is 0 Å². The van der Waals surface area contributed by atoms with Gasteiger partial charge in [-0.25, -0.2) is 0 Å². The average molecular weight is 297 g/mol. The fourth-order valence-electron chi connectivity index (χ4n) is 1.78. The molecule has 1 aromatic heterocycles. The van der Waals surface area contributed by atoms with Crippen molar-refractivity contribution in [3.63, 3.8) is 0 Å². The summed E-state index contributed by atoms with van der Waals surface area (Å²) in [6.45, 7) is 2.76. The number of piperazine rings is 1. The fourth-order valence-corrected chi connectivity index (χ4v) is 2.55. The van der Waals surface area contributed by atoms with Gasteiger partial charge in [-0.2, -0.15) is 0 Å². The van der Waals surface area contributed by atoms with E-state index in [0.29, 0.717) is 11.3 Å². The number of hydrogen-bond acceptors (Lipinski definition) is 6. The molecule has 1 aliphatic rings. The molecule has 2 heterocycles. The van der Waals surface area contributed by atoms with Crippen LogP contribution in [0, 0.1) is 10.1 Å². The minimum absolute atomic E-state index is 0.118. The number of thiophene rings is 1. The molecule has 1 N–H and O–H groups in total. The lowest BCUT2D eigenvalue weighted by Crippen LogP contribution is -2.65. The van der Waals surface area contributed by atoms with E-state index in [1.165, 1.54) is 26.0 Å². The number of rotatable bonds is 2. The highest BCUT2D eigenvalue weighted by Crippen LogP contribution is 2.28. The zero-order valence-corrected chi connectivity index (χ0v) is 11.5. The summed E-state index contributed by atoms with van der Waals surface area (Å²) in [5, 5.41) is 12.6. The molecule has 3 amide bonds. The number of carbonyl (C=O) groups is 3. The summed E-state index contributed by atoms with van der Waals surface area (Å²) in [4.78, 5) is 46.7. The number of nitrogens with one attached hydrogen (secondary N) is 1. The van der Waals surface area contributed by atoms with Crippen LogP contribution in [-0.4, -0.2) is 39.6 Å². The molecule has 0 saturated carbocycles. The Morgan fingerprint density at radius 3 is 2.65 bits per heavy atom. The molecule has 0 spiro atoms. The first kappa shape index (κ1) is 14.1. The van der Waals surface area contributed by atoms with Crippen LogP contribution in [0.1, 0.15) is 23.5 Å². The van der Waals surface area contributed by atoms with E-state index in [1.807, 2.05) is 0 Å². The Morgan fingerprint density at radius 2 is 2.10 bits per heavy atom. The SMILES string of the molecule is CC1(C)C(=O)NC(=O)CN1C(=O)c1ccc([N+](=O)[O-])s1. The van der Waals surface area contributed by atoms with Gasteiger partial charge in [0.2, 0.25) is 5.91 Å². The van der Waals surface area contributed by atoms with Crippen LogP contribution in [0.5, 0.6) is 0 Å². The van der Waals surface area contributed by atoms with Crippen molar-refractivity contribution in [2.75, 3.05) is 6.54 Å². The first-order valence-corrected chi connectivity index (χ1v) is 6.45.